The molecule has 0 saturated carbocycles. The van der Waals surface area contributed by atoms with Crippen molar-refractivity contribution in [2.75, 3.05) is 12.4 Å². The van der Waals surface area contributed by atoms with Gasteiger partial charge in [0.2, 0.25) is 0 Å². The molecule has 0 unspecified atom stereocenters. The average Bonchev–Trinajstić information content (AvgIpc) is 2.63. The molecule has 0 saturated heterocycles. The normalized spacial score (nSPS) is 10.6. The molecule has 1 N–H and O–H groups in total. The Labute approximate surface area is 122 Å². The Hall–Kier alpha value is -1.39. The fraction of sp³-hybridized carbons (Fsp3) is 0.308. The van der Waals surface area contributed by atoms with Crippen molar-refractivity contribution in [3.63, 3.8) is 0 Å². The van der Waals surface area contributed by atoms with Gasteiger partial charge >= 0.3 is 0 Å². The van der Waals surface area contributed by atoms with Crippen molar-refractivity contribution in [1.82, 2.24) is 9.78 Å². The van der Waals surface area contributed by atoms with E-state index in [1.165, 1.54) is 0 Å². The second-order valence-electron chi connectivity index (χ2n) is 4.17. The monoisotopic (exact) mass is 299 g/mol. The SMILES string of the molecule is COc1cc(NCc2c(Cl)c(C)nn2C)ccc1Cl. The highest BCUT2D eigenvalue weighted by atomic mass is 35.5. The van der Waals surface area contributed by atoms with Gasteiger partial charge in [0.1, 0.15) is 5.75 Å². The number of ether oxygens (including phenoxy) is 1. The van der Waals surface area contributed by atoms with Gasteiger partial charge in [-0.15, -0.1) is 0 Å². The van der Waals surface area contributed by atoms with Crippen LogP contribution in [0, 0.1) is 6.92 Å². The third kappa shape index (κ3) is 2.96. The van der Waals surface area contributed by atoms with Gasteiger partial charge < -0.3 is 10.1 Å². The minimum atomic E-state index is 0.584. The number of nitrogens with one attached hydrogen (secondary N) is 1. The van der Waals surface area contributed by atoms with Crippen LogP contribution in [0.4, 0.5) is 5.69 Å². The van der Waals surface area contributed by atoms with E-state index < -0.39 is 0 Å². The zero-order valence-corrected chi connectivity index (χ0v) is 12.5. The summed E-state index contributed by atoms with van der Waals surface area (Å²) in [6.07, 6.45) is 0. The van der Waals surface area contributed by atoms with Crippen LogP contribution in [0.1, 0.15) is 11.4 Å². The van der Waals surface area contributed by atoms with Crippen molar-refractivity contribution in [2.24, 2.45) is 7.05 Å². The summed E-state index contributed by atoms with van der Waals surface area (Å²) in [6.45, 7) is 2.47. The van der Waals surface area contributed by atoms with Crippen molar-refractivity contribution in [3.8, 4) is 5.75 Å². The summed E-state index contributed by atoms with van der Waals surface area (Å²) in [4.78, 5) is 0. The Morgan fingerprint density at radius 3 is 2.68 bits per heavy atom. The number of methoxy groups -OCH3 is 1. The van der Waals surface area contributed by atoms with Crippen LogP contribution in [0.25, 0.3) is 0 Å². The number of hydrogen-bond donors (Lipinski definition) is 1. The fourth-order valence-electron chi connectivity index (χ4n) is 1.83. The summed E-state index contributed by atoms with van der Waals surface area (Å²) in [7, 11) is 3.46. The van der Waals surface area contributed by atoms with Crippen LogP contribution >= 0.6 is 23.2 Å². The number of nitrogens with zero attached hydrogens (tertiary/aromatic N) is 2. The maximum atomic E-state index is 6.19. The lowest BCUT2D eigenvalue weighted by atomic mass is 10.3. The largest absolute Gasteiger partial charge is 0.495 e. The second-order valence-corrected chi connectivity index (χ2v) is 4.96. The van der Waals surface area contributed by atoms with Gasteiger partial charge in [-0.2, -0.15) is 5.10 Å². The van der Waals surface area contributed by atoms with E-state index in [9.17, 15) is 0 Å². The topological polar surface area (TPSA) is 39.1 Å². The molecule has 0 bridgehead atoms. The Morgan fingerprint density at radius 2 is 2.11 bits per heavy atom. The van der Waals surface area contributed by atoms with Crippen molar-refractivity contribution in [2.45, 2.75) is 13.5 Å². The fourth-order valence-corrected chi connectivity index (χ4v) is 2.25. The highest BCUT2D eigenvalue weighted by Crippen LogP contribution is 2.28. The molecule has 0 radical (unpaired) electrons. The number of rotatable bonds is 4. The third-order valence-corrected chi connectivity index (χ3v) is 3.68. The number of aryl methyl sites for hydroxylation is 2. The number of hydrogen-bond acceptors (Lipinski definition) is 3. The standard InChI is InChI=1S/C13H15Cl2N3O/c1-8-13(15)11(18(2)17-8)7-16-9-4-5-10(14)12(6-9)19-3/h4-6,16H,7H2,1-3H3. The molecule has 4 nitrogen and oxygen atoms in total. The number of benzene rings is 1. The van der Waals surface area contributed by atoms with Gasteiger partial charge in [0.25, 0.3) is 0 Å². The van der Waals surface area contributed by atoms with Crippen LogP contribution in [0.15, 0.2) is 18.2 Å². The summed E-state index contributed by atoms with van der Waals surface area (Å²) in [6, 6.07) is 5.53. The molecule has 102 valence electrons. The van der Waals surface area contributed by atoms with E-state index in [2.05, 4.69) is 10.4 Å². The van der Waals surface area contributed by atoms with Crippen molar-refractivity contribution in [3.05, 3.63) is 39.6 Å². The van der Waals surface area contributed by atoms with Crippen LogP contribution in [-0.4, -0.2) is 16.9 Å². The van der Waals surface area contributed by atoms with Gasteiger partial charge in [0.15, 0.2) is 0 Å². The van der Waals surface area contributed by atoms with Crippen molar-refractivity contribution in [1.29, 1.82) is 0 Å². The summed E-state index contributed by atoms with van der Waals surface area (Å²) in [5.41, 5.74) is 2.68. The average molecular weight is 300 g/mol. The highest BCUT2D eigenvalue weighted by molar-refractivity contribution is 6.32. The smallest absolute Gasteiger partial charge is 0.139 e. The van der Waals surface area contributed by atoms with Gasteiger partial charge in [-0.1, -0.05) is 23.2 Å². The molecule has 0 amide bonds. The molecule has 2 rings (SSSR count). The Balaban J connectivity index is 2.14. The van der Waals surface area contributed by atoms with Crippen LogP contribution in [0.5, 0.6) is 5.75 Å². The zero-order chi connectivity index (χ0) is 14.0. The molecule has 1 heterocycles. The van der Waals surface area contributed by atoms with Gasteiger partial charge in [-0.3, -0.25) is 4.68 Å². The number of halogens is 2. The second kappa shape index (κ2) is 5.72. The van der Waals surface area contributed by atoms with E-state index in [1.807, 2.05) is 26.1 Å². The van der Waals surface area contributed by atoms with E-state index in [4.69, 9.17) is 27.9 Å². The minimum Gasteiger partial charge on any atom is -0.495 e. The quantitative estimate of drug-likeness (QED) is 0.936. The van der Waals surface area contributed by atoms with Crippen LogP contribution in [0.3, 0.4) is 0 Å². The van der Waals surface area contributed by atoms with E-state index in [0.29, 0.717) is 22.3 Å². The molecule has 0 aliphatic carbocycles. The third-order valence-electron chi connectivity index (χ3n) is 2.87. The van der Waals surface area contributed by atoms with Crippen molar-refractivity contribution < 1.29 is 4.74 Å². The van der Waals surface area contributed by atoms with Crippen molar-refractivity contribution >= 4 is 28.9 Å². The molecule has 0 atom stereocenters. The first-order valence-corrected chi connectivity index (χ1v) is 6.54. The lowest BCUT2D eigenvalue weighted by Crippen LogP contribution is -2.06. The first kappa shape index (κ1) is 14.0. The molecule has 2 aromatic rings. The van der Waals surface area contributed by atoms with E-state index in [0.717, 1.165) is 17.1 Å². The lowest BCUT2D eigenvalue weighted by molar-refractivity contribution is 0.415. The van der Waals surface area contributed by atoms with E-state index in [-0.39, 0.29) is 0 Å². The number of aromatic nitrogens is 2. The van der Waals surface area contributed by atoms with Crippen LogP contribution in [0.2, 0.25) is 10.0 Å². The van der Waals surface area contributed by atoms with Gasteiger partial charge in [0, 0.05) is 18.8 Å². The summed E-state index contributed by atoms with van der Waals surface area (Å²) >= 11 is 12.2. The van der Waals surface area contributed by atoms with Crippen LogP contribution < -0.4 is 10.1 Å². The van der Waals surface area contributed by atoms with Gasteiger partial charge in [-0.05, 0) is 19.1 Å². The summed E-state index contributed by atoms with van der Waals surface area (Å²) in [5, 5.41) is 8.82. The Kier molecular flexibility index (Phi) is 4.22. The van der Waals surface area contributed by atoms with E-state index >= 15 is 0 Å². The molecule has 1 aromatic heterocycles. The van der Waals surface area contributed by atoms with Gasteiger partial charge in [-0.25, -0.2) is 0 Å². The summed E-state index contributed by atoms with van der Waals surface area (Å²) < 4.78 is 6.95. The molecule has 0 spiro atoms. The van der Waals surface area contributed by atoms with E-state index in [1.54, 1.807) is 17.9 Å². The maximum absolute atomic E-state index is 6.19. The zero-order valence-electron chi connectivity index (χ0n) is 11.0. The van der Waals surface area contributed by atoms with Gasteiger partial charge in [0.05, 0.1) is 35.1 Å². The molecule has 1 aromatic carbocycles. The number of anilines is 1. The minimum absolute atomic E-state index is 0.584. The molecule has 0 fully saturated rings. The maximum Gasteiger partial charge on any atom is 0.139 e. The predicted molar refractivity (Wildman–Crippen MR) is 78.3 cm³/mol. The molecule has 19 heavy (non-hydrogen) atoms. The summed E-state index contributed by atoms with van der Waals surface area (Å²) in [5.74, 6) is 0.638. The molecular formula is C13H15Cl2N3O. The van der Waals surface area contributed by atoms with Crippen LogP contribution in [-0.2, 0) is 13.6 Å². The highest BCUT2D eigenvalue weighted by Gasteiger charge is 2.10. The Morgan fingerprint density at radius 1 is 1.37 bits per heavy atom. The molecule has 6 heteroatoms. The molecular weight excluding hydrogens is 285 g/mol. The molecule has 0 aliphatic heterocycles. The lowest BCUT2D eigenvalue weighted by Gasteiger charge is -2.10. The predicted octanol–water partition coefficient (Wildman–Crippen LogP) is 3.66. The molecule has 0 aliphatic rings. The first-order chi connectivity index (χ1) is 9.02. The Bertz CT molecular complexity index is 596. The first-order valence-electron chi connectivity index (χ1n) is 5.78.